The van der Waals surface area contributed by atoms with Gasteiger partial charge in [-0.1, -0.05) is 18.2 Å². The molecule has 0 aliphatic heterocycles. The van der Waals surface area contributed by atoms with Gasteiger partial charge in [0.1, 0.15) is 10.8 Å². The first-order valence-electron chi connectivity index (χ1n) is 7.61. The van der Waals surface area contributed by atoms with E-state index in [4.69, 9.17) is 0 Å². The Balaban J connectivity index is 1.70. The van der Waals surface area contributed by atoms with Gasteiger partial charge in [0.2, 0.25) is 5.91 Å². The van der Waals surface area contributed by atoms with Crippen molar-refractivity contribution in [2.75, 3.05) is 11.6 Å². The van der Waals surface area contributed by atoms with E-state index in [1.807, 2.05) is 0 Å². The van der Waals surface area contributed by atoms with Crippen molar-refractivity contribution in [3.05, 3.63) is 65.4 Å². The second kappa shape index (κ2) is 7.35. The van der Waals surface area contributed by atoms with Crippen LogP contribution in [0.5, 0.6) is 0 Å². The SMILES string of the molecule is CS(=O)(=O)c1cccc(NC(=O)Cc2csc(-c3cccc(F)c3)n2)c1. The molecule has 0 fully saturated rings. The summed E-state index contributed by atoms with van der Waals surface area (Å²) in [6.07, 6.45) is 1.14. The summed E-state index contributed by atoms with van der Waals surface area (Å²) < 4.78 is 36.4. The van der Waals surface area contributed by atoms with Crippen molar-refractivity contribution in [1.82, 2.24) is 4.98 Å². The molecule has 8 heteroatoms. The zero-order valence-corrected chi connectivity index (χ0v) is 15.4. The van der Waals surface area contributed by atoms with Crippen molar-refractivity contribution in [2.24, 2.45) is 0 Å². The standard InChI is InChI=1S/C18H15FN2O3S2/c1-26(23,24)16-7-3-6-14(9-16)20-17(22)10-15-11-25-18(21-15)12-4-2-5-13(19)8-12/h2-9,11H,10H2,1H3,(H,20,22). The summed E-state index contributed by atoms with van der Waals surface area (Å²) in [5.41, 5.74) is 1.62. The van der Waals surface area contributed by atoms with E-state index in [0.29, 0.717) is 22.0 Å². The summed E-state index contributed by atoms with van der Waals surface area (Å²) >= 11 is 1.33. The molecule has 0 saturated carbocycles. The monoisotopic (exact) mass is 390 g/mol. The highest BCUT2D eigenvalue weighted by atomic mass is 32.2. The summed E-state index contributed by atoms with van der Waals surface area (Å²) in [6, 6.07) is 12.2. The zero-order valence-electron chi connectivity index (χ0n) is 13.8. The number of carbonyl (C=O) groups is 1. The van der Waals surface area contributed by atoms with Gasteiger partial charge in [-0.25, -0.2) is 17.8 Å². The van der Waals surface area contributed by atoms with Gasteiger partial charge in [-0.3, -0.25) is 4.79 Å². The number of amides is 1. The van der Waals surface area contributed by atoms with E-state index < -0.39 is 9.84 Å². The highest BCUT2D eigenvalue weighted by Gasteiger charge is 2.12. The molecule has 0 aliphatic carbocycles. The van der Waals surface area contributed by atoms with E-state index in [-0.39, 0.29) is 23.0 Å². The van der Waals surface area contributed by atoms with Gasteiger partial charge in [0.15, 0.2) is 9.84 Å². The molecule has 134 valence electrons. The number of thiazole rings is 1. The van der Waals surface area contributed by atoms with Crippen LogP contribution in [-0.4, -0.2) is 25.6 Å². The van der Waals surface area contributed by atoms with Crippen molar-refractivity contribution in [3.8, 4) is 10.6 Å². The van der Waals surface area contributed by atoms with Gasteiger partial charge in [0.05, 0.1) is 17.0 Å². The average Bonchev–Trinajstić information content (AvgIpc) is 3.02. The van der Waals surface area contributed by atoms with Crippen molar-refractivity contribution < 1.29 is 17.6 Å². The van der Waals surface area contributed by atoms with Crippen LogP contribution in [0, 0.1) is 5.82 Å². The maximum absolute atomic E-state index is 13.3. The first-order chi connectivity index (χ1) is 12.3. The Kier molecular flexibility index (Phi) is 5.15. The maximum atomic E-state index is 13.3. The quantitative estimate of drug-likeness (QED) is 0.723. The Bertz CT molecular complexity index is 1060. The molecule has 26 heavy (non-hydrogen) atoms. The second-order valence-electron chi connectivity index (χ2n) is 5.68. The number of sulfone groups is 1. The number of nitrogens with one attached hydrogen (secondary N) is 1. The summed E-state index contributed by atoms with van der Waals surface area (Å²) in [5.74, 6) is -0.658. The molecule has 1 heterocycles. The van der Waals surface area contributed by atoms with Gasteiger partial charge in [-0.05, 0) is 30.3 Å². The Hall–Kier alpha value is -2.58. The van der Waals surface area contributed by atoms with Gasteiger partial charge >= 0.3 is 0 Å². The average molecular weight is 390 g/mol. The highest BCUT2D eigenvalue weighted by Crippen LogP contribution is 2.24. The molecular weight excluding hydrogens is 375 g/mol. The number of aromatic nitrogens is 1. The summed E-state index contributed by atoms with van der Waals surface area (Å²) in [5, 5.41) is 5.04. The van der Waals surface area contributed by atoms with Crippen LogP contribution >= 0.6 is 11.3 Å². The predicted molar refractivity (Wildman–Crippen MR) is 99.4 cm³/mol. The third-order valence-corrected chi connectivity index (χ3v) is 5.56. The van der Waals surface area contributed by atoms with E-state index in [2.05, 4.69) is 10.3 Å². The number of carbonyl (C=O) groups excluding carboxylic acids is 1. The number of nitrogens with zero attached hydrogens (tertiary/aromatic N) is 1. The molecule has 0 atom stereocenters. The lowest BCUT2D eigenvalue weighted by Gasteiger charge is -2.06. The third-order valence-electron chi connectivity index (χ3n) is 3.51. The molecule has 0 saturated heterocycles. The minimum absolute atomic E-state index is 0.0366. The van der Waals surface area contributed by atoms with Gasteiger partial charge in [-0.2, -0.15) is 0 Å². The Labute approximate surface area is 154 Å². The molecular formula is C18H15FN2O3S2. The van der Waals surface area contributed by atoms with Crippen LogP contribution in [0.15, 0.2) is 58.8 Å². The summed E-state index contributed by atoms with van der Waals surface area (Å²) in [6.45, 7) is 0. The van der Waals surface area contributed by atoms with E-state index in [0.717, 1.165) is 6.26 Å². The van der Waals surface area contributed by atoms with Gasteiger partial charge in [-0.15, -0.1) is 11.3 Å². The molecule has 5 nitrogen and oxygen atoms in total. The molecule has 0 bridgehead atoms. The van der Waals surface area contributed by atoms with Crippen molar-refractivity contribution in [1.29, 1.82) is 0 Å². The number of hydrogen-bond donors (Lipinski definition) is 1. The van der Waals surface area contributed by atoms with Crippen LogP contribution < -0.4 is 5.32 Å². The minimum Gasteiger partial charge on any atom is -0.326 e. The van der Waals surface area contributed by atoms with Gasteiger partial charge in [0.25, 0.3) is 0 Å². The largest absolute Gasteiger partial charge is 0.326 e. The van der Waals surface area contributed by atoms with Crippen LogP contribution in [0.1, 0.15) is 5.69 Å². The molecule has 0 spiro atoms. The van der Waals surface area contributed by atoms with E-state index in [9.17, 15) is 17.6 Å². The fourth-order valence-corrected chi connectivity index (χ4v) is 3.80. The Morgan fingerprint density at radius 1 is 1.19 bits per heavy atom. The lowest BCUT2D eigenvalue weighted by atomic mass is 10.2. The molecule has 3 rings (SSSR count). The van der Waals surface area contributed by atoms with Gasteiger partial charge in [0, 0.05) is 22.9 Å². The minimum atomic E-state index is -3.34. The third kappa shape index (κ3) is 4.53. The number of rotatable bonds is 5. The van der Waals surface area contributed by atoms with Crippen molar-refractivity contribution in [3.63, 3.8) is 0 Å². The predicted octanol–water partition coefficient (Wildman–Crippen LogP) is 3.53. The van der Waals surface area contributed by atoms with Crippen LogP contribution in [0.4, 0.5) is 10.1 Å². The zero-order chi connectivity index (χ0) is 18.7. The number of halogens is 1. The number of anilines is 1. The number of benzene rings is 2. The Morgan fingerprint density at radius 3 is 2.69 bits per heavy atom. The van der Waals surface area contributed by atoms with Gasteiger partial charge < -0.3 is 5.32 Å². The molecule has 1 aromatic heterocycles. The first kappa shape index (κ1) is 18.2. The molecule has 2 aromatic carbocycles. The van der Waals surface area contributed by atoms with Crippen molar-refractivity contribution in [2.45, 2.75) is 11.3 Å². The van der Waals surface area contributed by atoms with E-state index >= 15 is 0 Å². The number of hydrogen-bond acceptors (Lipinski definition) is 5. The highest BCUT2D eigenvalue weighted by molar-refractivity contribution is 7.90. The molecule has 1 amide bonds. The van der Waals surface area contributed by atoms with Crippen LogP contribution in [0.2, 0.25) is 0 Å². The smallest absolute Gasteiger partial charge is 0.230 e. The summed E-state index contributed by atoms with van der Waals surface area (Å²) in [4.78, 5) is 16.7. The molecule has 0 radical (unpaired) electrons. The van der Waals surface area contributed by atoms with E-state index in [1.165, 1.54) is 35.6 Å². The second-order valence-corrected chi connectivity index (χ2v) is 8.55. The Morgan fingerprint density at radius 2 is 1.96 bits per heavy atom. The lowest BCUT2D eigenvalue weighted by molar-refractivity contribution is -0.115. The fraction of sp³-hybridized carbons (Fsp3) is 0.111. The first-order valence-corrected chi connectivity index (χ1v) is 10.4. The molecule has 0 aliphatic rings. The molecule has 3 aromatic rings. The normalized spacial score (nSPS) is 11.3. The fourth-order valence-electron chi connectivity index (χ4n) is 2.32. The van der Waals surface area contributed by atoms with Crippen molar-refractivity contribution >= 4 is 32.8 Å². The maximum Gasteiger partial charge on any atom is 0.230 e. The van der Waals surface area contributed by atoms with Crippen LogP contribution in [-0.2, 0) is 21.1 Å². The molecule has 0 unspecified atom stereocenters. The van der Waals surface area contributed by atoms with Crippen LogP contribution in [0.3, 0.4) is 0 Å². The molecule has 1 N–H and O–H groups in total. The lowest BCUT2D eigenvalue weighted by Crippen LogP contribution is -2.15. The van der Waals surface area contributed by atoms with Crippen LogP contribution in [0.25, 0.3) is 10.6 Å². The topological polar surface area (TPSA) is 76.1 Å². The van der Waals surface area contributed by atoms with E-state index in [1.54, 1.807) is 29.6 Å². The summed E-state index contributed by atoms with van der Waals surface area (Å²) in [7, 11) is -3.34.